The summed E-state index contributed by atoms with van der Waals surface area (Å²) < 4.78 is 1.48. The lowest BCUT2D eigenvalue weighted by Crippen LogP contribution is -2.38. The van der Waals surface area contributed by atoms with Crippen LogP contribution in [0.4, 0.5) is 5.82 Å². The van der Waals surface area contributed by atoms with Crippen LogP contribution in [0.25, 0.3) is 0 Å². The number of hydrogen-bond donors (Lipinski definition) is 2. The zero-order valence-corrected chi connectivity index (χ0v) is 10.5. The highest BCUT2D eigenvalue weighted by molar-refractivity contribution is 5.83. The molecule has 0 bridgehead atoms. The number of carboxylic acids is 1. The molecule has 1 rings (SSSR count). The minimum absolute atomic E-state index is 0.0198. The molecule has 9 heteroatoms. The van der Waals surface area contributed by atoms with Gasteiger partial charge in [-0.05, 0) is 16.8 Å². The molecule has 9 nitrogen and oxygen atoms in total. The van der Waals surface area contributed by atoms with E-state index >= 15 is 0 Å². The van der Waals surface area contributed by atoms with Crippen LogP contribution in [0, 0.1) is 17.0 Å². The van der Waals surface area contributed by atoms with Crippen LogP contribution in [0.5, 0.6) is 0 Å². The number of imidazole rings is 1. The van der Waals surface area contributed by atoms with Gasteiger partial charge in [0.05, 0.1) is 0 Å². The van der Waals surface area contributed by atoms with Gasteiger partial charge in [-0.25, -0.2) is 0 Å². The van der Waals surface area contributed by atoms with Gasteiger partial charge in [0, 0.05) is 19.9 Å². The predicted molar refractivity (Wildman–Crippen MR) is 63.5 cm³/mol. The Hall–Kier alpha value is -2.45. The van der Waals surface area contributed by atoms with E-state index in [0.29, 0.717) is 5.82 Å². The van der Waals surface area contributed by atoms with Crippen LogP contribution in [0.2, 0.25) is 0 Å². The molecule has 0 aliphatic heterocycles. The third kappa shape index (κ3) is 4.05. The maximum atomic E-state index is 11.4. The van der Waals surface area contributed by atoms with Gasteiger partial charge in [0.1, 0.15) is 12.2 Å². The molecule has 0 aliphatic rings. The number of nitrogens with one attached hydrogen (secondary N) is 1. The second-order valence-electron chi connectivity index (χ2n) is 3.97. The third-order valence-corrected chi connectivity index (χ3v) is 2.48. The fourth-order valence-corrected chi connectivity index (χ4v) is 1.40. The molecular formula is C10H14N4O5. The fourth-order valence-electron chi connectivity index (χ4n) is 1.40. The zero-order chi connectivity index (χ0) is 14.6. The van der Waals surface area contributed by atoms with Crippen molar-refractivity contribution in [2.24, 2.45) is 0 Å². The van der Waals surface area contributed by atoms with Crippen molar-refractivity contribution in [2.45, 2.75) is 32.9 Å². The first kappa shape index (κ1) is 14.6. The van der Waals surface area contributed by atoms with E-state index in [0.717, 1.165) is 0 Å². The topological polar surface area (TPSA) is 127 Å². The molecule has 0 spiro atoms. The fraction of sp³-hybridized carbons (Fsp3) is 0.500. The summed E-state index contributed by atoms with van der Waals surface area (Å²) in [6, 6.07) is -0.967. The Labute approximate surface area is 108 Å². The number of aromatic nitrogens is 2. The SMILES string of the molecule is Cc1nc([N+](=O)[O-])cn1CCC(=O)NC(C)C(=O)O. The molecule has 0 aromatic carbocycles. The number of rotatable bonds is 6. The van der Waals surface area contributed by atoms with Gasteiger partial charge in [0.2, 0.25) is 11.7 Å². The first-order valence-corrected chi connectivity index (χ1v) is 5.51. The van der Waals surface area contributed by atoms with Crippen LogP contribution >= 0.6 is 0 Å². The molecule has 1 atom stereocenters. The maximum Gasteiger partial charge on any atom is 0.381 e. The summed E-state index contributed by atoms with van der Waals surface area (Å²) in [4.78, 5) is 35.6. The van der Waals surface area contributed by atoms with E-state index in [1.54, 1.807) is 6.92 Å². The second kappa shape index (κ2) is 5.94. The number of nitro groups is 1. The van der Waals surface area contributed by atoms with Crippen molar-refractivity contribution < 1.29 is 19.6 Å². The molecule has 19 heavy (non-hydrogen) atoms. The van der Waals surface area contributed by atoms with Crippen LogP contribution in [0.1, 0.15) is 19.2 Å². The smallest absolute Gasteiger partial charge is 0.381 e. The molecule has 1 amide bonds. The maximum absolute atomic E-state index is 11.4. The molecular weight excluding hydrogens is 256 g/mol. The van der Waals surface area contributed by atoms with E-state index in [1.807, 2.05) is 0 Å². The molecule has 0 aliphatic carbocycles. The van der Waals surface area contributed by atoms with Crippen LogP contribution in [0.15, 0.2) is 6.20 Å². The Morgan fingerprint density at radius 2 is 2.26 bits per heavy atom. The summed E-state index contributed by atoms with van der Waals surface area (Å²) >= 11 is 0. The third-order valence-electron chi connectivity index (χ3n) is 2.48. The Morgan fingerprint density at radius 3 is 2.74 bits per heavy atom. The zero-order valence-electron chi connectivity index (χ0n) is 10.5. The monoisotopic (exact) mass is 270 g/mol. The van der Waals surface area contributed by atoms with Crippen LogP contribution in [0.3, 0.4) is 0 Å². The van der Waals surface area contributed by atoms with Gasteiger partial charge in [0.15, 0.2) is 0 Å². The molecule has 1 aromatic rings. The summed E-state index contributed by atoms with van der Waals surface area (Å²) in [5, 5.41) is 21.4. The lowest BCUT2D eigenvalue weighted by Gasteiger charge is -2.09. The summed E-state index contributed by atoms with van der Waals surface area (Å²) in [6.07, 6.45) is 1.26. The minimum atomic E-state index is -1.12. The lowest BCUT2D eigenvalue weighted by atomic mass is 10.3. The van der Waals surface area contributed by atoms with Gasteiger partial charge in [-0.2, -0.15) is 0 Å². The molecule has 0 radical (unpaired) electrons. The summed E-state index contributed by atoms with van der Waals surface area (Å²) in [7, 11) is 0. The largest absolute Gasteiger partial charge is 0.480 e. The summed E-state index contributed by atoms with van der Waals surface area (Å²) in [5.41, 5.74) is 0. The quantitative estimate of drug-likeness (QED) is 0.556. The molecule has 2 N–H and O–H groups in total. The molecule has 0 saturated heterocycles. The van der Waals surface area contributed by atoms with E-state index in [4.69, 9.17) is 5.11 Å². The van der Waals surface area contributed by atoms with Crippen molar-refractivity contribution in [1.29, 1.82) is 0 Å². The van der Waals surface area contributed by atoms with Crippen LogP contribution in [-0.4, -0.2) is 37.5 Å². The number of carboxylic acid groups (broad SMARTS) is 1. The van der Waals surface area contributed by atoms with Crippen molar-refractivity contribution in [2.75, 3.05) is 0 Å². The number of aryl methyl sites for hydroxylation is 2. The number of carbonyl (C=O) groups is 2. The molecule has 104 valence electrons. The van der Waals surface area contributed by atoms with Crippen molar-refractivity contribution in [3.05, 3.63) is 22.1 Å². The highest BCUT2D eigenvalue weighted by Gasteiger charge is 2.17. The van der Waals surface area contributed by atoms with Gasteiger partial charge in [-0.3, -0.25) is 9.59 Å². The van der Waals surface area contributed by atoms with Crippen molar-refractivity contribution >= 4 is 17.7 Å². The number of carbonyl (C=O) groups excluding carboxylic acids is 1. The molecule has 0 saturated carbocycles. The predicted octanol–water partition coefficient (Wildman–Crippen LogP) is 0.0791. The molecule has 1 unspecified atom stereocenters. The van der Waals surface area contributed by atoms with E-state index in [-0.39, 0.29) is 18.8 Å². The number of hydrogen-bond acceptors (Lipinski definition) is 5. The van der Waals surface area contributed by atoms with E-state index in [1.165, 1.54) is 17.7 Å². The Bertz CT molecular complexity index is 510. The highest BCUT2D eigenvalue weighted by atomic mass is 16.6. The minimum Gasteiger partial charge on any atom is -0.480 e. The van der Waals surface area contributed by atoms with Gasteiger partial charge in [-0.15, -0.1) is 0 Å². The summed E-state index contributed by atoms with van der Waals surface area (Å²) in [5.74, 6) is -1.42. The summed E-state index contributed by atoms with van der Waals surface area (Å²) in [6.45, 7) is 3.14. The molecule has 1 aromatic heterocycles. The lowest BCUT2D eigenvalue weighted by molar-refractivity contribution is -0.389. The Balaban J connectivity index is 2.55. The standard InChI is InChI=1S/C10H14N4O5/c1-6(10(16)17)11-9(15)3-4-13-5-8(14(18)19)12-7(13)2/h5-6H,3-4H2,1-2H3,(H,11,15)(H,16,17). The average molecular weight is 270 g/mol. The Kier molecular flexibility index (Phi) is 4.56. The molecule has 1 heterocycles. The second-order valence-corrected chi connectivity index (χ2v) is 3.97. The number of aliphatic carboxylic acids is 1. The van der Waals surface area contributed by atoms with Crippen molar-refractivity contribution in [1.82, 2.24) is 14.9 Å². The van der Waals surface area contributed by atoms with Gasteiger partial charge in [-0.1, -0.05) is 0 Å². The van der Waals surface area contributed by atoms with Crippen molar-refractivity contribution in [3.63, 3.8) is 0 Å². The van der Waals surface area contributed by atoms with E-state index in [9.17, 15) is 19.7 Å². The number of amides is 1. The van der Waals surface area contributed by atoms with Crippen LogP contribution < -0.4 is 5.32 Å². The van der Waals surface area contributed by atoms with Gasteiger partial charge >= 0.3 is 11.8 Å². The first-order chi connectivity index (χ1) is 8.81. The Morgan fingerprint density at radius 1 is 1.63 bits per heavy atom. The first-order valence-electron chi connectivity index (χ1n) is 5.51. The van der Waals surface area contributed by atoms with E-state index < -0.39 is 22.8 Å². The van der Waals surface area contributed by atoms with Crippen LogP contribution in [-0.2, 0) is 16.1 Å². The van der Waals surface area contributed by atoms with E-state index in [2.05, 4.69) is 10.3 Å². The average Bonchev–Trinajstić information content (AvgIpc) is 2.68. The van der Waals surface area contributed by atoms with Gasteiger partial charge < -0.3 is 25.1 Å². The van der Waals surface area contributed by atoms with Crippen molar-refractivity contribution in [3.8, 4) is 0 Å². The normalized spacial score (nSPS) is 11.9. The highest BCUT2D eigenvalue weighted by Crippen LogP contribution is 2.10. The van der Waals surface area contributed by atoms with Gasteiger partial charge in [0.25, 0.3) is 0 Å². The number of nitrogens with zero attached hydrogens (tertiary/aromatic N) is 3. The molecule has 0 fully saturated rings.